The zero-order valence-corrected chi connectivity index (χ0v) is 12.1. The van der Waals surface area contributed by atoms with E-state index in [-0.39, 0.29) is 5.91 Å². The zero-order valence-electron chi connectivity index (χ0n) is 11.3. The first-order chi connectivity index (χ1) is 10.1. The quantitative estimate of drug-likeness (QED) is 0.938. The Hall–Kier alpha value is -2.51. The number of nitrogens with one attached hydrogen (secondary N) is 1. The smallest absolute Gasteiger partial charge is 0.265 e. The van der Waals surface area contributed by atoms with Gasteiger partial charge in [-0.2, -0.15) is 5.26 Å². The number of benzene rings is 2. The number of halogens is 1. The van der Waals surface area contributed by atoms with Crippen LogP contribution in [0.25, 0.3) is 0 Å². The summed E-state index contributed by atoms with van der Waals surface area (Å²) in [6.07, 6.45) is -0.686. The average molecular weight is 301 g/mol. The third-order valence-corrected chi connectivity index (χ3v) is 2.97. The van der Waals surface area contributed by atoms with Crippen molar-refractivity contribution in [2.45, 2.75) is 13.0 Å². The maximum Gasteiger partial charge on any atom is 0.265 e. The number of carbonyl (C=O) groups is 1. The highest BCUT2D eigenvalue weighted by molar-refractivity contribution is 6.30. The number of hydrogen-bond donors (Lipinski definition) is 1. The fourth-order valence-electron chi connectivity index (χ4n) is 1.71. The second kappa shape index (κ2) is 6.78. The summed E-state index contributed by atoms with van der Waals surface area (Å²) in [6.45, 7) is 1.64. The summed E-state index contributed by atoms with van der Waals surface area (Å²) in [7, 11) is 0. The summed E-state index contributed by atoms with van der Waals surface area (Å²) in [5.41, 5.74) is 1.04. The number of ether oxygens (including phenoxy) is 1. The minimum absolute atomic E-state index is 0.301. The maximum absolute atomic E-state index is 12.0. The van der Waals surface area contributed by atoms with Gasteiger partial charge in [0.2, 0.25) is 0 Å². The standard InChI is InChI=1S/C16H13ClN2O2/c1-11(21-15-7-3-5-13(17)9-15)16(20)19-14-6-2-4-12(8-14)10-18/h2-9,11H,1H3,(H,19,20). The maximum atomic E-state index is 12.0. The predicted molar refractivity (Wildman–Crippen MR) is 81.3 cm³/mol. The molecule has 0 radical (unpaired) electrons. The Morgan fingerprint density at radius 3 is 2.76 bits per heavy atom. The first-order valence-corrected chi connectivity index (χ1v) is 6.69. The second-order valence-electron chi connectivity index (χ2n) is 4.40. The molecule has 0 aliphatic carbocycles. The summed E-state index contributed by atoms with van der Waals surface area (Å²) in [4.78, 5) is 12.0. The minimum atomic E-state index is -0.686. The highest BCUT2D eigenvalue weighted by Crippen LogP contribution is 2.19. The van der Waals surface area contributed by atoms with Crippen LogP contribution in [-0.2, 0) is 4.79 Å². The van der Waals surface area contributed by atoms with Gasteiger partial charge in [0.15, 0.2) is 6.10 Å². The molecule has 1 N–H and O–H groups in total. The summed E-state index contributed by atoms with van der Waals surface area (Å²) >= 11 is 5.86. The number of hydrogen-bond acceptors (Lipinski definition) is 3. The van der Waals surface area contributed by atoms with Crippen molar-refractivity contribution in [1.82, 2.24) is 0 Å². The van der Waals surface area contributed by atoms with Gasteiger partial charge in [-0.3, -0.25) is 4.79 Å². The molecule has 0 spiro atoms. The molecule has 0 saturated heterocycles. The van der Waals surface area contributed by atoms with Crippen LogP contribution in [0.5, 0.6) is 5.75 Å². The van der Waals surface area contributed by atoms with Gasteiger partial charge >= 0.3 is 0 Å². The first-order valence-electron chi connectivity index (χ1n) is 6.32. The van der Waals surface area contributed by atoms with Crippen molar-refractivity contribution >= 4 is 23.2 Å². The van der Waals surface area contributed by atoms with Crippen molar-refractivity contribution in [3.63, 3.8) is 0 Å². The van der Waals surface area contributed by atoms with Crippen molar-refractivity contribution in [2.24, 2.45) is 0 Å². The van der Waals surface area contributed by atoms with E-state index in [2.05, 4.69) is 5.32 Å². The molecule has 0 aliphatic rings. The Morgan fingerprint density at radius 2 is 2.05 bits per heavy atom. The SMILES string of the molecule is CC(Oc1cccc(Cl)c1)C(=O)Nc1cccc(C#N)c1. The van der Waals surface area contributed by atoms with Crippen LogP contribution in [-0.4, -0.2) is 12.0 Å². The molecule has 0 heterocycles. The summed E-state index contributed by atoms with van der Waals surface area (Å²) < 4.78 is 5.52. The lowest BCUT2D eigenvalue weighted by Gasteiger charge is -2.15. The fraction of sp³-hybridized carbons (Fsp3) is 0.125. The topological polar surface area (TPSA) is 62.1 Å². The van der Waals surface area contributed by atoms with Crippen LogP contribution in [0, 0.1) is 11.3 Å². The Kier molecular flexibility index (Phi) is 4.81. The molecule has 0 bridgehead atoms. The number of anilines is 1. The van der Waals surface area contributed by atoms with Crippen LogP contribution < -0.4 is 10.1 Å². The average Bonchev–Trinajstić information content (AvgIpc) is 2.47. The molecule has 1 amide bonds. The van der Waals surface area contributed by atoms with Gasteiger partial charge in [-0.05, 0) is 43.3 Å². The van der Waals surface area contributed by atoms with E-state index in [1.807, 2.05) is 6.07 Å². The molecule has 106 valence electrons. The van der Waals surface area contributed by atoms with Crippen LogP contribution in [0.15, 0.2) is 48.5 Å². The number of carbonyl (C=O) groups excluding carboxylic acids is 1. The number of amides is 1. The molecule has 4 nitrogen and oxygen atoms in total. The Bertz CT molecular complexity index is 695. The molecule has 5 heteroatoms. The Morgan fingerprint density at radius 1 is 1.29 bits per heavy atom. The zero-order chi connectivity index (χ0) is 15.2. The van der Waals surface area contributed by atoms with Crippen molar-refractivity contribution in [3.8, 4) is 11.8 Å². The van der Waals surface area contributed by atoms with E-state index in [4.69, 9.17) is 21.6 Å². The molecule has 2 rings (SSSR count). The molecule has 0 saturated carbocycles. The van der Waals surface area contributed by atoms with Crippen molar-refractivity contribution < 1.29 is 9.53 Å². The fourth-order valence-corrected chi connectivity index (χ4v) is 1.89. The summed E-state index contributed by atoms with van der Waals surface area (Å²) in [5, 5.41) is 12.1. The molecule has 0 aliphatic heterocycles. The molecule has 0 fully saturated rings. The third kappa shape index (κ3) is 4.23. The summed E-state index contributed by atoms with van der Waals surface area (Å²) in [6, 6.07) is 15.6. The van der Waals surface area contributed by atoms with Gasteiger partial charge in [-0.15, -0.1) is 0 Å². The van der Waals surface area contributed by atoms with Crippen LogP contribution in [0.2, 0.25) is 5.02 Å². The second-order valence-corrected chi connectivity index (χ2v) is 4.84. The number of nitriles is 1. The van der Waals surface area contributed by atoms with E-state index in [9.17, 15) is 4.79 Å². The van der Waals surface area contributed by atoms with Crippen LogP contribution in [0.1, 0.15) is 12.5 Å². The van der Waals surface area contributed by atoms with Gasteiger partial charge in [0, 0.05) is 10.7 Å². The van der Waals surface area contributed by atoms with Crippen LogP contribution in [0.4, 0.5) is 5.69 Å². The molecular formula is C16H13ClN2O2. The van der Waals surface area contributed by atoms with Crippen molar-refractivity contribution in [2.75, 3.05) is 5.32 Å². The summed E-state index contributed by atoms with van der Waals surface area (Å²) in [5.74, 6) is 0.223. The number of nitrogens with zero attached hydrogens (tertiary/aromatic N) is 1. The molecule has 0 aromatic heterocycles. The van der Waals surface area contributed by atoms with E-state index < -0.39 is 6.10 Å². The molecule has 2 aromatic carbocycles. The highest BCUT2D eigenvalue weighted by atomic mass is 35.5. The molecule has 2 aromatic rings. The van der Waals surface area contributed by atoms with Gasteiger partial charge in [-0.1, -0.05) is 23.7 Å². The minimum Gasteiger partial charge on any atom is -0.481 e. The first kappa shape index (κ1) is 14.9. The number of rotatable bonds is 4. The normalized spacial score (nSPS) is 11.3. The lowest BCUT2D eigenvalue weighted by Crippen LogP contribution is -2.30. The lowest BCUT2D eigenvalue weighted by atomic mass is 10.2. The lowest BCUT2D eigenvalue weighted by molar-refractivity contribution is -0.122. The molecule has 1 unspecified atom stereocenters. The largest absolute Gasteiger partial charge is 0.481 e. The van der Waals surface area contributed by atoms with Gasteiger partial charge in [0.05, 0.1) is 11.6 Å². The molecule has 21 heavy (non-hydrogen) atoms. The Labute approximate surface area is 127 Å². The highest BCUT2D eigenvalue weighted by Gasteiger charge is 2.15. The predicted octanol–water partition coefficient (Wildman–Crippen LogP) is 3.62. The Balaban J connectivity index is 2.01. The van der Waals surface area contributed by atoms with Gasteiger partial charge in [0.25, 0.3) is 5.91 Å². The van der Waals surface area contributed by atoms with Gasteiger partial charge in [-0.25, -0.2) is 0 Å². The third-order valence-electron chi connectivity index (χ3n) is 2.74. The van der Waals surface area contributed by atoms with Crippen LogP contribution in [0.3, 0.4) is 0 Å². The molecular weight excluding hydrogens is 288 g/mol. The van der Waals surface area contributed by atoms with Crippen LogP contribution >= 0.6 is 11.6 Å². The van der Waals surface area contributed by atoms with E-state index >= 15 is 0 Å². The monoisotopic (exact) mass is 300 g/mol. The van der Waals surface area contributed by atoms with E-state index in [1.165, 1.54) is 0 Å². The van der Waals surface area contributed by atoms with E-state index in [1.54, 1.807) is 55.5 Å². The molecule has 1 atom stereocenters. The van der Waals surface area contributed by atoms with Gasteiger partial charge < -0.3 is 10.1 Å². The van der Waals surface area contributed by atoms with E-state index in [0.29, 0.717) is 22.0 Å². The van der Waals surface area contributed by atoms with Crippen molar-refractivity contribution in [1.29, 1.82) is 5.26 Å². The van der Waals surface area contributed by atoms with Crippen molar-refractivity contribution in [3.05, 3.63) is 59.1 Å². The van der Waals surface area contributed by atoms with Gasteiger partial charge in [0.1, 0.15) is 5.75 Å². The van der Waals surface area contributed by atoms with E-state index in [0.717, 1.165) is 0 Å².